The molecular weight excluding hydrogens is 752 g/mol. The van der Waals surface area contributed by atoms with Gasteiger partial charge in [-0.05, 0) is 0 Å². The molecule has 0 rings (SSSR count). The summed E-state index contributed by atoms with van der Waals surface area (Å²) in [5.41, 5.74) is -1.62. The van der Waals surface area contributed by atoms with Gasteiger partial charge in [-0.15, -0.1) is 0 Å². The van der Waals surface area contributed by atoms with Gasteiger partial charge in [0.1, 0.15) is 0 Å². The third kappa shape index (κ3) is 28.6. The van der Waals surface area contributed by atoms with Gasteiger partial charge in [0.05, 0.1) is 0 Å². The van der Waals surface area contributed by atoms with E-state index in [2.05, 4.69) is 47.9 Å². The lowest BCUT2D eigenvalue weighted by atomic mass is 9.96. The molecule has 0 aromatic carbocycles. The topological polar surface area (TPSA) is 265 Å². The number of nitrogens with zero attached hydrogens (tertiary/aromatic N) is 1. The molecule has 19 nitrogen and oxygen atoms in total. The van der Waals surface area contributed by atoms with E-state index >= 15 is 0 Å². The van der Waals surface area contributed by atoms with Gasteiger partial charge in [-0.2, -0.15) is 0 Å². The van der Waals surface area contributed by atoms with E-state index in [1.54, 1.807) is 62.3 Å². The molecule has 0 unspecified atom stereocenters. The number of amides is 9. The van der Waals surface area contributed by atoms with Gasteiger partial charge in [-0.1, -0.05) is 62.3 Å². The lowest BCUT2D eigenvalue weighted by Gasteiger charge is -2.23. The first kappa shape index (κ1) is 53.2. The van der Waals surface area contributed by atoms with Crippen LogP contribution in [0.4, 0.5) is 0 Å². The molecule has 0 bridgehead atoms. The standard InChI is InChI=1S/C39H72N10O9/c1-37(2,3)34(56)46-19-16-40-28(50)10-13-31(53)43-22-25-49(26-23-44-32(54)14-11-29(51)41-17-20-47-35(57)38(4,5)6)27-24-45-33(55)15-12-30(52)42-18-21-48-36(58)39(7,8)9/h10-27H2,1-9H3,(H,40,50)(H,41,51)(H,42,52)(H,43,53)(H,44,54)(H,45,55)(H,46,56)(H,47,57)(H,48,58). The molecule has 0 saturated heterocycles. The maximum absolute atomic E-state index is 12.4. The van der Waals surface area contributed by atoms with Crippen LogP contribution in [0.25, 0.3) is 0 Å². The monoisotopic (exact) mass is 825 g/mol. The van der Waals surface area contributed by atoms with Gasteiger partial charge in [-0.3, -0.25) is 48.1 Å². The van der Waals surface area contributed by atoms with Gasteiger partial charge < -0.3 is 47.9 Å². The van der Waals surface area contributed by atoms with Crippen molar-refractivity contribution < 1.29 is 43.2 Å². The fourth-order valence-electron chi connectivity index (χ4n) is 4.54. The smallest absolute Gasteiger partial charge is 0.225 e. The van der Waals surface area contributed by atoms with Crippen LogP contribution in [0.15, 0.2) is 0 Å². The minimum atomic E-state index is -0.538. The first-order valence-corrected chi connectivity index (χ1v) is 20.1. The molecule has 19 heteroatoms. The Morgan fingerprint density at radius 1 is 0.293 bits per heavy atom. The highest BCUT2D eigenvalue weighted by Gasteiger charge is 2.22. The molecule has 0 heterocycles. The second-order valence-corrected chi connectivity index (χ2v) is 17.0. The second kappa shape index (κ2) is 27.8. The molecule has 0 aromatic rings. The summed E-state index contributed by atoms with van der Waals surface area (Å²) in [4.78, 5) is 111. The Balaban J connectivity index is 4.78. The van der Waals surface area contributed by atoms with Crippen molar-refractivity contribution in [1.82, 2.24) is 52.8 Å². The van der Waals surface area contributed by atoms with E-state index in [1.807, 2.05) is 4.90 Å². The van der Waals surface area contributed by atoms with Crippen molar-refractivity contribution >= 4 is 53.2 Å². The normalized spacial score (nSPS) is 11.5. The van der Waals surface area contributed by atoms with E-state index in [9.17, 15) is 43.2 Å². The highest BCUT2D eigenvalue weighted by atomic mass is 16.2. The Bertz CT molecular complexity index is 1210. The molecule has 0 aliphatic rings. The molecule has 0 fully saturated rings. The zero-order valence-corrected chi connectivity index (χ0v) is 36.3. The maximum atomic E-state index is 12.4. The minimum absolute atomic E-state index is 0.0294. The maximum Gasteiger partial charge on any atom is 0.225 e. The summed E-state index contributed by atoms with van der Waals surface area (Å²) >= 11 is 0. The highest BCUT2D eigenvalue weighted by Crippen LogP contribution is 2.13. The van der Waals surface area contributed by atoms with Gasteiger partial charge in [0.15, 0.2) is 0 Å². The Hall–Kier alpha value is -4.81. The van der Waals surface area contributed by atoms with Gasteiger partial charge in [0.2, 0.25) is 53.2 Å². The fourth-order valence-corrected chi connectivity index (χ4v) is 4.54. The number of rotatable bonds is 27. The molecule has 9 amide bonds. The van der Waals surface area contributed by atoms with Crippen LogP contribution in [0.1, 0.15) is 101 Å². The van der Waals surface area contributed by atoms with Crippen molar-refractivity contribution in [2.75, 3.05) is 78.5 Å². The zero-order valence-electron chi connectivity index (χ0n) is 36.3. The third-order valence-corrected chi connectivity index (χ3v) is 8.23. The molecule has 9 N–H and O–H groups in total. The van der Waals surface area contributed by atoms with Crippen LogP contribution in [0.5, 0.6) is 0 Å². The van der Waals surface area contributed by atoms with Gasteiger partial charge in [0.25, 0.3) is 0 Å². The highest BCUT2D eigenvalue weighted by molar-refractivity contribution is 5.86. The van der Waals surface area contributed by atoms with Crippen molar-refractivity contribution in [3.8, 4) is 0 Å². The first-order chi connectivity index (χ1) is 26.9. The van der Waals surface area contributed by atoms with Crippen molar-refractivity contribution in [3.05, 3.63) is 0 Å². The van der Waals surface area contributed by atoms with Crippen LogP contribution in [0.3, 0.4) is 0 Å². The Morgan fingerprint density at radius 3 is 0.655 bits per heavy atom. The van der Waals surface area contributed by atoms with Crippen molar-refractivity contribution in [2.24, 2.45) is 16.2 Å². The largest absolute Gasteiger partial charge is 0.355 e. The lowest BCUT2D eigenvalue weighted by molar-refractivity contribution is -0.129. The van der Waals surface area contributed by atoms with Gasteiger partial charge >= 0.3 is 0 Å². The quantitative estimate of drug-likeness (QED) is 0.0448. The number of carbonyl (C=O) groups is 9. The second-order valence-electron chi connectivity index (χ2n) is 17.0. The summed E-state index contributed by atoms with van der Waals surface area (Å²) in [5.74, 6) is -2.35. The van der Waals surface area contributed by atoms with Crippen LogP contribution in [0.2, 0.25) is 0 Å². The van der Waals surface area contributed by atoms with Crippen LogP contribution < -0.4 is 47.9 Å². The van der Waals surface area contributed by atoms with Gasteiger partial charge in [-0.25, -0.2) is 0 Å². The average molecular weight is 825 g/mol. The predicted molar refractivity (Wildman–Crippen MR) is 220 cm³/mol. The molecule has 58 heavy (non-hydrogen) atoms. The minimum Gasteiger partial charge on any atom is -0.355 e. The Labute approximate surface area is 344 Å². The number of hydrogen-bond donors (Lipinski definition) is 9. The zero-order chi connectivity index (χ0) is 44.4. The summed E-state index contributed by atoms with van der Waals surface area (Å²) in [7, 11) is 0. The molecular formula is C39H72N10O9. The summed E-state index contributed by atoms with van der Waals surface area (Å²) in [6, 6.07) is 0. The molecule has 0 aliphatic heterocycles. The van der Waals surface area contributed by atoms with E-state index in [1.165, 1.54) is 0 Å². The Morgan fingerprint density at radius 2 is 0.466 bits per heavy atom. The number of nitrogens with one attached hydrogen (secondary N) is 9. The van der Waals surface area contributed by atoms with Crippen LogP contribution in [-0.2, 0) is 43.2 Å². The van der Waals surface area contributed by atoms with Crippen LogP contribution in [-0.4, -0.2) is 137 Å². The third-order valence-electron chi connectivity index (χ3n) is 8.23. The molecule has 332 valence electrons. The molecule has 0 spiro atoms. The molecule has 0 aliphatic carbocycles. The Kier molecular flexibility index (Phi) is 25.5. The number of carbonyl (C=O) groups excluding carboxylic acids is 9. The van der Waals surface area contributed by atoms with Crippen molar-refractivity contribution in [3.63, 3.8) is 0 Å². The summed E-state index contributed by atoms with van der Waals surface area (Å²) in [6.45, 7) is 19.4. The van der Waals surface area contributed by atoms with E-state index in [4.69, 9.17) is 0 Å². The molecule has 0 radical (unpaired) electrons. The SMILES string of the molecule is CC(C)(C)C(=O)NCCNC(=O)CCC(=O)NCCN(CCNC(=O)CCC(=O)NCCNC(=O)C(C)(C)C)CCNC(=O)CCC(=O)NCCNC(=O)C(C)(C)C. The summed E-state index contributed by atoms with van der Waals surface area (Å²) < 4.78 is 0. The molecule has 0 atom stereocenters. The summed E-state index contributed by atoms with van der Waals surface area (Å²) in [6.07, 6.45) is -0.200. The van der Waals surface area contributed by atoms with Crippen molar-refractivity contribution in [2.45, 2.75) is 101 Å². The molecule has 0 aromatic heterocycles. The fraction of sp³-hybridized carbons (Fsp3) is 0.769. The van der Waals surface area contributed by atoms with E-state index in [0.29, 0.717) is 19.6 Å². The summed E-state index contributed by atoms with van der Waals surface area (Å²) in [5, 5.41) is 24.5. The van der Waals surface area contributed by atoms with Crippen LogP contribution in [0, 0.1) is 16.2 Å². The predicted octanol–water partition coefficient (Wildman–Crippen LogP) is -1.19. The van der Waals surface area contributed by atoms with Crippen molar-refractivity contribution in [1.29, 1.82) is 0 Å². The lowest BCUT2D eigenvalue weighted by Crippen LogP contribution is -2.43. The van der Waals surface area contributed by atoms with E-state index < -0.39 is 16.2 Å². The van der Waals surface area contributed by atoms with E-state index in [0.717, 1.165) is 0 Å². The number of hydrogen-bond acceptors (Lipinski definition) is 10. The van der Waals surface area contributed by atoms with Crippen LogP contribution >= 0.6 is 0 Å². The molecule has 0 saturated carbocycles. The average Bonchev–Trinajstić information content (AvgIpc) is 3.12. The van der Waals surface area contributed by atoms with Gasteiger partial charge in [0, 0.05) is 133 Å². The first-order valence-electron chi connectivity index (χ1n) is 20.1. The van der Waals surface area contributed by atoms with E-state index in [-0.39, 0.29) is 151 Å².